The first-order chi connectivity index (χ1) is 15.5. The molecule has 8 nitrogen and oxygen atoms in total. The number of fused-ring (bicyclic) bond motifs is 3. The number of primary amides is 1. The molecule has 3 N–H and O–H groups in total. The third-order valence-electron chi connectivity index (χ3n) is 5.18. The Balaban J connectivity index is 1.67. The van der Waals surface area contributed by atoms with Crippen LogP contribution >= 0.6 is 0 Å². The van der Waals surface area contributed by atoms with Gasteiger partial charge >= 0.3 is 0 Å². The van der Waals surface area contributed by atoms with Crippen molar-refractivity contribution < 1.29 is 19.0 Å². The minimum absolute atomic E-state index is 0.206. The minimum atomic E-state index is -0.533. The molecule has 2 aromatic carbocycles. The number of nitrogens with one attached hydrogen (secondary N) is 1. The quantitative estimate of drug-likeness (QED) is 0.392. The van der Waals surface area contributed by atoms with Gasteiger partial charge in [-0.15, -0.1) is 0 Å². The Morgan fingerprint density at radius 1 is 1.16 bits per heavy atom. The summed E-state index contributed by atoms with van der Waals surface area (Å²) in [7, 11) is 1.92. The molecule has 1 amide bonds. The molecule has 0 unspecified atom stereocenters. The first-order valence-corrected chi connectivity index (χ1v) is 10.8. The summed E-state index contributed by atoms with van der Waals surface area (Å²) in [5.74, 6) is 2.19. The van der Waals surface area contributed by atoms with Crippen LogP contribution in [0, 0.1) is 0 Å². The second-order valence-electron chi connectivity index (χ2n) is 7.62. The maximum atomic E-state index is 11.3. The smallest absolute Gasteiger partial charge is 0.255 e. The second-order valence-corrected chi connectivity index (χ2v) is 7.62. The van der Waals surface area contributed by atoms with Crippen molar-refractivity contribution >= 4 is 17.4 Å². The van der Waals surface area contributed by atoms with Crippen molar-refractivity contribution in [2.24, 2.45) is 12.8 Å². The maximum Gasteiger partial charge on any atom is 0.255 e. The second kappa shape index (κ2) is 9.21. The molecule has 1 aliphatic rings. The van der Waals surface area contributed by atoms with Crippen LogP contribution in [0.4, 0.5) is 11.5 Å². The van der Waals surface area contributed by atoms with Gasteiger partial charge in [0.05, 0.1) is 18.9 Å². The van der Waals surface area contributed by atoms with E-state index in [-0.39, 0.29) is 6.61 Å². The highest BCUT2D eigenvalue weighted by Gasteiger charge is 2.29. The average molecular weight is 437 g/mol. The first kappa shape index (κ1) is 21.5. The van der Waals surface area contributed by atoms with Crippen LogP contribution in [-0.4, -0.2) is 35.5 Å². The van der Waals surface area contributed by atoms with Gasteiger partial charge in [0.1, 0.15) is 5.75 Å². The van der Waals surface area contributed by atoms with Crippen LogP contribution in [0.2, 0.25) is 0 Å². The molecule has 0 saturated heterocycles. The fraction of sp³-hybridized carbons (Fsp3) is 0.333. The average Bonchev–Trinajstić information content (AvgIpc) is 3.28. The van der Waals surface area contributed by atoms with Crippen LogP contribution in [-0.2, 0) is 18.3 Å². The molecule has 1 aromatic heterocycles. The molecule has 0 aliphatic heterocycles. The van der Waals surface area contributed by atoms with Gasteiger partial charge < -0.3 is 25.3 Å². The molecule has 1 aliphatic carbocycles. The summed E-state index contributed by atoms with van der Waals surface area (Å²) < 4.78 is 19.0. The van der Waals surface area contributed by atoms with Crippen molar-refractivity contribution in [2.45, 2.75) is 26.7 Å². The molecule has 4 rings (SSSR count). The number of hydrogen-bond donors (Lipinski definition) is 2. The highest BCUT2D eigenvalue weighted by molar-refractivity contribution is 5.82. The van der Waals surface area contributed by atoms with E-state index < -0.39 is 5.91 Å². The summed E-state index contributed by atoms with van der Waals surface area (Å²) in [5, 5.41) is 8.12. The number of aryl methyl sites for hydroxylation is 1. The minimum Gasteiger partial charge on any atom is -0.494 e. The van der Waals surface area contributed by atoms with Crippen molar-refractivity contribution in [2.75, 3.05) is 25.1 Å². The number of nitrogens with two attached hydrogens (primary N) is 1. The Labute approximate surface area is 187 Å². The van der Waals surface area contributed by atoms with Gasteiger partial charge in [-0.2, -0.15) is 5.10 Å². The summed E-state index contributed by atoms with van der Waals surface area (Å²) in [6.45, 7) is 4.96. The van der Waals surface area contributed by atoms with E-state index in [1.54, 1.807) is 0 Å². The zero-order valence-electron chi connectivity index (χ0n) is 18.6. The zero-order chi connectivity index (χ0) is 22.7. The SMILES string of the molecule is CCCOc1cc2c(cc1OCC(N)=O)-c1c(c(Nc3cccc(OCC)c3)nn1C)C2. The summed E-state index contributed by atoms with van der Waals surface area (Å²) in [4.78, 5) is 11.3. The van der Waals surface area contributed by atoms with Gasteiger partial charge in [0.2, 0.25) is 0 Å². The van der Waals surface area contributed by atoms with E-state index >= 15 is 0 Å². The summed E-state index contributed by atoms with van der Waals surface area (Å²) in [6.07, 6.45) is 1.58. The zero-order valence-corrected chi connectivity index (χ0v) is 18.6. The van der Waals surface area contributed by atoms with E-state index in [1.807, 2.05) is 62.0 Å². The monoisotopic (exact) mass is 436 g/mol. The summed E-state index contributed by atoms with van der Waals surface area (Å²) in [6, 6.07) is 11.7. The number of ether oxygens (including phenoxy) is 3. The molecule has 0 fully saturated rings. The van der Waals surface area contributed by atoms with Gasteiger partial charge in [-0.1, -0.05) is 13.0 Å². The van der Waals surface area contributed by atoms with Crippen LogP contribution in [0.5, 0.6) is 17.2 Å². The third kappa shape index (κ3) is 4.34. The van der Waals surface area contributed by atoms with Crippen molar-refractivity contribution in [1.82, 2.24) is 9.78 Å². The highest BCUT2D eigenvalue weighted by atomic mass is 16.5. The molecule has 0 saturated carbocycles. The lowest BCUT2D eigenvalue weighted by Crippen LogP contribution is -2.20. The van der Waals surface area contributed by atoms with Gasteiger partial charge in [0.15, 0.2) is 23.9 Å². The standard InChI is InChI=1S/C24H28N4O4/c1-4-9-31-20-11-15-10-19-23(18(15)13-21(20)32-14-22(25)29)28(3)27-24(19)26-16-7-6-8-17(12-16)30-5-2/h6-8,11-13H,4-5,9-10,14H2,1-3H3,(H2,25,29)(H,26,27). The van der Waals surface area contributed by atoms with Gasteiger partial charge in [-0.25, -0.2) is 0 Å². The molecular weight excluding hydrogens is 408 g/mol. The van der Waals surface area contributed by atoms with Crippen molar-refractivity contribution in [3.8, 4) is 28.5 Å². The van der Waals surface area contributed by atoms with Gasteiger partial charge in [0, 0.05) is 36.3 Å². The van der Waals surface area contributed by atoms with E-state index in [4.69, 9.17) is 25.0 Å². The van der Waals surface area contributed by atoms with E-state index in [9.17, 15) is 4.79 Å². The van der Waals surface area contributed by atoms with E-state index in [1.165, 1.54) is 0 Å². The molecule has 1 heterocycles. The number of hydrogen-bond acceptors (Lipinski definition) is 6. The van der Waals surface area contributed by atoms with Crippen molar-refractivity contribution in [3.63, 3.8) is 0 Å². The van der Waals surface area contributed by atoms with Gasteiger partial charge in [-0.3, -0.25) is 9.48 Å². The number of anilines is 2. The number of nitrogens with zero attached hydrogens (tertiary/aromatic N) is 2. The predicted octanol–water partition coefficient (Wildman–Crippen LogP) is 3.79. The van der Waals surface area contributed by atoms with Gasteiger partial charge in [-0.05, 0) is 43.2 Å². The summed E-state index contributed by atoms with van der Waals surface area (Å²) >= 11 is 0. The number of amides is 1. The van der Waals surface area contributed by atoms with E-state index in [0.717, 1.165) is 46.1 Å². The molecule has 0 atom stereocenters. The molecule has 0 bridgehead atoms. The van der Waals surface area contributed by atoms with Gasteiger partial charge in [0.25, 0.3) is 5.91 Å². The lowest BCUT2D eigenvalue weighted by Gasteiger charge is -2.14. The van der Waals surface area contributed by atoms with Crippen LogP contribution in [0.3, 0.4) is 0 Å². The van der Waals surface area contributed by atoms with Crippen LogP contribution in [0.15, 0.2) is 36.4 Å². The first-order valence-electron chi connectivity index (χ1n) is 10.8. The topological polar surface area (TPSA) is 101 Å². The number of benzene rings is 2. The maximum absolute atomic E-state index is 11.3. The molecule has 3 aromatic rings. The Kier molecular flexibility index (Phi) is 6.20. The van der Waals surface area contributed by atoms with E-state index in [2.05, 4.69) is 5.32 Å². The van der Waals surface area contributed by atoms with Crippen molar-refractivity contribution in [1.29, 1.82) is 0 Å². The number of rotatable bonds is 10. The Morgan fingerprint density at radius 3 is 2.72 bits per heavy atom. The number of carbonyl (C=O) groups is 1. The molecular formula is C24H28N4O4. The fourth-order valence-electron chi connectivity index (χ4n) is 3.89. The predicted molar refractivity (Wildman–Crippen MR) is 123 cm³/mol. The largest absolute Gasteiger partial charge is 0.494 e. The van der Waals surface area contributed by atoms with E-state index in [0.29, 0.717) is 31.1 Å². The summed E-state index contributed by atoms with van der Waals surface area (Å²) in [5.41, 5.74) is 10.4. The molecule has 8 heteroatoms. The molecule has 0 radical (unpaired) electrons. The van der Waals surface area contributed by atoms with Crippen LogP contribution in [0.25, 0.3) is 11.3 Å². The normalized spacial score (nSPS) is 11.6. The highest BCUT2D eigenvalue weighted by Crippen LogP contribution is 2.45. The Morgan fingerprint density at radius 2 is 1.97 bits per heavy atom. The lowest BCUT2D eigenvalue weighted by atomic mass is 10.1. The Bertz CT molecular complexity index is 1140. The van der Waals surface area contributed by atoms with Crippen LogP contribution in [0.1, 0.15) is 31.4 Å². The number of carbonyl (C=O) groups excluding carboxylic acids is 1. The number of aromatic nitrogens is 2. The van der Waals surface area contributed by atoms with Crippen molar-refractivity contribution in [3.05, 3.63) is 47.5 Å². The fourth-order valence-corrected chi connectivity index (χ4v) is 3.89. The van der Waals surface area contributed by atoms with Crippen LogP contribution < -0.4 is 25.3 Å². The molecule has 168 valence electrons. The molecule has 0 spiro atoms. The third-order valence-corrected chi connectivity index (χ3v) is 5.18. The molecule has 32 heavy (non-hydrogen) atoms. The lowest BCUT2D eigenvalue weighted by molar-refractivity contribution is -0.119. The Hall–Kier alpha value is -3.68.